The van der Waals surface area contributed by atoms with Gasteiger partial charge < -0.3 is 10.4 Å². The third kappa shape index (κ3) is 4.55. The van der Waals surface area contributed by atoms with E-state index >= 15 is 0 Å². The number of aliphatic hydroxyl groups excluding tert-OH is 1. The summed E-state index contributed by atoms with van der Waals surface area (Å²) < 4.78 is 0. The first-order valence-corrected chi connectivity index (χ1v) is 4.42. The smallest absolute Gasteiger partial charge is 0.0724 e. The zero-order valence-corrected chi connectivity index (χ0v) is 7.77. The predicted molar refractivity (Wildman–Crippen MR) is 50.0 cm³/mol. The lowest BCUT2D eigenvalue weighted by molar-refractivity contribution is 0.183. The van der Waals surface area contributed by atoms with Crippen LogP contribution < -0.4 is 5.32 Å². The van der Waals surface area contributed by atoms with E-state index in [0.29, 0.717) is 6.54 Å². The fourth-order valence-electron chi connectivity index (χ4n) is 0.949. The van der Waals surface area contributed by atoms with Gasteiger partial charge in [-0.15, -0.1) is 0 Å². The number of rotatable bonds is 5. The molecule has 0 aliphatic heterocycles. The average molecular weight is 181 g/mol. The Morgan fingerprint density at radius 1 is 1.54 bits per heavy atom. The van der Waals surface area contributed by atoms with Crippen LogP contribution in [0.2, 0.25) is 0 Å². The van der Waals surface area contributed by atoms with Gasteiger partial charge in [-0.1, -0.05) is 0 Å². The van der Waals surface area contributed by atoms with Crippen molar-refractivity contribution < 1.29 is 5.11 Å². The molecule has 0 aromatic carbocycles. The number of nitrogens with one attached hydrogen (secondary N) is 1. The minimum Gasteiger partial charge on any atom is -0.393 e. The number of hydrogen-bond acceptors (Lipinski definition) is 4. The van der Waals surface area contributed by atoms with Crippen LogP contribution in [0, 0.1) is 0 Å². The SMILES string of the molecule is CC(O)CCNCc1cnccn1. The van der Waals surface area contributed by atoms with Crippen molar-refractivity contribution in [1.82, 2.24) is 15.3 Å². The first kappa shape index (κ1) is 10.1. The van der Waals surface area contributed by atoms with Gasteiger partial charge >= 0.3 is 0 Å². The van der Waals surface area contributed by atoms with E-state index in [1.807, 2.05) is 0 Å². The molecule has 13 heavy (non-hydrogen) atoms. The lowest BCUT2D eigenvalue weighted by Crippen LogP contribution is -2.19. The minimum absolute atomic E-state index is 0.241. The van der Waals surface area contributed by atoms with E-state index in [1.54, 1.807) is 25.5 Å². The fraction of sp³-hybridized carbons (Fsp3) is 0.556. The van der Waals surface area contributed by atoms with Crippen molar-refractivity contribution in [3.05, 3.63) is 24.3 Å². The number of hydrogen-bond donors (Lipinski definition) is 2. The summed E-state index contributed by atoms with van der Waals surface area (Å²) in [6, 6.07) is 0. The van der Waals surface area contributed by atoms with Crippen molar-refractivity contribution in [3.63, 3.8) is 0 Å². The van der Waals surface area contributed by atoms with Crippen LogP contribution in [0.5, 0.6) is 0 Å². The Morgan fingerprint density at radius 2 is 2.38 bits per heavy atom. The van der Waals surface area contributed by atoms with E-state index in [9.17, 15) is 0 Å². The standard InChI is InChI=1S/C9H15N3O/c1-8(13)2-3-10-6-9-7-11-4-5-12-9/h4-5,7-8,10,13H,2-3,6H2,1H3. The van der Waals surface area contributed by atoms with E-state index in [4.69, 9.17) is 5.11 Å². The van der Waals surface area contributed by atoms with Crippen molar-refractivity contribution >= 4 is 0 Å². The molecule has 0 saturated carbocycles. The molecule has 0 bridgehead atoms. The van der Waals surface area contributed by atoms with Gasteiger partial charge in [0.25, 0.3) is 0 Å². The quantitative estimate of drug-likeness (QED) is 0.643. The van der Waals surface area contributed by atoms with Gasteiger partial charge in [0, 0.05) is 25.1 Å². The van der Waals surface area contributed by atoms with Gasteiger partial charge in [-0.25, -0.2) is 0 Å². The molecule has 0 amide bonds. The maximum atomic E-state index is 8.98. The van der Waals surface area contributed by atoms with E-state index in [-0.39, 0.29) is 6.10 Å². The molecule has 4 heteroatoms. The second kappa shape index (κ2) is 5.61. The Hall–Kier alpha value is -1.00. The van der Waals surface area contributed by atoms with E-state index < -0.39 is 0 Å². The van der Waals surface area contributed by atoms with Crippen molar-refractivity contribution in [2.24, 2.45) is 0 Å². The molecule has 1 aromatic heterocycles. The molecule has 72 valence electrons. The normalized spacial score (nSPS) is 12.8. The topological polar surface area (TPSA) is 58.0 Å². The molecule has 1 aromatic rings. The van der Waals surface area contributed by atoms with E-state index in [0.717, 1.165) is 18.7 Å². The second-order valence-corrected chi connectivity index (χ2v) is 3.01. The van der Waals surface area contributed by atoms with Crippen molar-refractivity contribution in [2.75, 3.05) is 6.54 Å². The minimum atomic E-state index is -0.241. The molecule has 1 heterocycles. The first-order valence-electron chi connectivity index (χ1n) is 4.42. The highest BCUT2D eigenvalue weighted by atomic mass is 16.3. The summed E-state index contributed by atoms with van der Waals surface area (Å²) >= 11 is 0. The van der Waals surface area contributed by atoms with E-state index in [2.05, 4.69) is 15.3 Å². The van der Waals surface area contributed by atoms with Crippen LogP contribution in [0.4, 0.5) is 0 Å². The monoisotopic (exact) mass is 181 g/mol. The van der Waals surface area contributed by atoms with Gasteiger partial charge in [0.05, 0.1) is 11.8 Å². The van der Waals surface area contributed by atoms with Crippen LogP contribution >= 0.6 is 0 Å². The number of aromatic nitrogens is 2. The van der Waals surface area contributed by atoms with Gasteiger partial charge in [0.2, 0.25) is 0 Å². The Kier molecular flexibility index (Phi) is 4.35. The molecule has 0 radical (unpaired) electrons. The van der Waals surface area contributed by atoms with Crippen LogP contribution in [0.15, 0.2) is 18.6 Å². The highest BCUT2D eigenvalue weighted by Gasteiger charge is 1.95. The van der Waals surface area contributed by atoms with Crippen LogP contribution in [-0.2, 0) is 6.54 Å². The largest absolute Gasteiger partial charge is 0.393 e. The van der Waals surface area contributed by atoms with Gasteiger partial charge in [-0.05, 0) is 19.9 Å². The molecule has 0 aliphatic carbocycles. The molecule has 1 rings (SSSR count). The summed E-state index contributed by atoms with van der Waals surface area (Å²) in [5.74, 6) is 0. The molecule has 0 fully saturated rings. The molecule has 1 atom stereocenters. The summed E-state index contributed by atoms with van der Waals surface area (Å²) in [5.41, 5.74) is 0.924. The highest BCUT2D eigenvalue weighted by molar-refractivity contribution is 4.93. The van der Waals surface area contributed by atoms with Crippen LogP contribution in [-0.4, -0.2) is 27.7 Å². The maximum Gasteiger partial charge on any atom is 0.0724 e. The average Bonchev–Trinajstić information content (AvgIpc) is 2.14. The van der Waals surface area contributed by atoms with Crippen molar-refractivity contribution in [3.8, 4) is 0 Å². The highest BCUT2D eigenvalue weighted by Crippen LogP contribution is 1.90. The molecule has 0 saturated heterocycles. The first-order chi connectivity index (χ1) is 6.29. The zero-order valence-electron chi connectivity index (χ0n) is 7.77. The molecule has 2 N–H and O–H groups in total. The summed E-state index contributed by atoms with van der Waals surface area (Å²) in [4.78, 5) is 8.05. The van der Waals surface area contributed by atoms with Crippen LogP contribution in [0.3, 0.4) is 0 Å². The van der Waals surface area contributed by atoms with Crippen molar-refractivity contribution in [1.29, 1.82) is 0 Å². The Morgan fingerprint density at radius 3 is 3.00 bits per heavy atom. The molecular weight excluding hydrogens is 166 g/mol. The Labute approximate surface area is 78.0 Å². The van der Waals surface area contributed by atoms with Crippen molar-refractivity contribution in [2.45, 2.75) is 26.0 Å². The molecular formula is C9H15N3O. The summed E-state index contributed by atoms with van der Waals surface area (Å²) in [6.45, 7) is 3.29. The molecule has 4 nitrogen and oxygen atoms in total. The molecule has 1 unspecified atom stereocenters. The predicted octanol–water partition coefficient (Wildman–Crippen LogP) is 0.337. The third-order valence-electron chi connectivity index (χ3n) is 1.66. The Bertz CT molecular complexity index is 226. The summed E-state index contributed by atoms with van der Waals surface area (Å²) in [7, 11) is 0. The maximum absolute atomic E-state index is 8.98. The van der Waals surface area contributed by atoms with Gasteiger partial charge in [-0.2, -0.15) is 0 Å². The van der Waals surface area contributed by atoms with Crippen LogP contribution in [0.25, 0.3) is 0 Å². The summed E-state index contributed by atoms with van der Waals surface area (Å²) in [5, 5.41) is 12.2. The lowest BCUT2D eigenvalue weighted by Gasteiger charge is -2.05. The van der Waals surface area contributed by atoms with Gasteiger partial charge in [0.1, 0.15) is 0 Å². The number of nitrogens with zero attached hydrogens (tertiary/aromatic N) is 2. The molecule has 0 aliphatic rings. The fourth-order valence-corrected chi connectivity index (χ4v) is 0.949. The summed E-state index contributed by atoms with van der Waals surface area (Å²) in [6.07, 6.45) is 5.58. The van der Waals surface area contributed by atoms with Gasteiger partial charge in [0.15, 0.2) is 0 Å². The zero-order chi connectivity index (χ0) is 9.52. The van der Waals surface area contributed by atoms with Crippen LogP contribution in [0.1, 0.15) is 19.0 Å². The third-order valence-corrected chi connectivity index (χ3v) is 1.66. The molecule has 0 spiro atoms. The van der Waals surface area contributed by atoms with E-state index in [1.165, 1.54) is 0 Å². The lowest BCUT2D eigenvalue weighted by atomic mass is 10.3. The second-order valence-electron chi connectivity index (χ2n) is 3.01. The number of aliphatic hydroxyl groups is 1. The Balaban J connectivity index is 2.13. The van der Waals surface area contributed by atoms with Gasteiger partial charge in [-0.3, -0.25) is 9.97 Å².